The Morgan fingerprint density at radius 2 is 2.10 bits per heavy atom. The number of carbonyl (C=O) groups excluding carboxylic acids is 1. The molecule has 1 aromatic rings. The topological polar surface area (TPSA) is 70.1 Å². The van der Waals surface area contributed by atoms with Crippen LogP contribution in [-0.2, 0) is 11.0 Å². The van der Waals surface area contributed by atoms with Crippen molar-refractivity contribution in [3.05, 3.63) is 29.3 Å². The third kappa shape index (κ3) is 4.67. The van der Waals surface area contributed by atoms with Crippen molar-refractivity contribution in [2.45, 2.75) is 25.9 Å². The Labute approximate surface area is 121 Å². The Morgan fingerprint density at radius 3 is 2.57 bits per heavy atom. The number of hydrogen-bond donors (Lipinski definition) is 1. The van der Waals surface area contributed by atoms with E-state index in [4.69, 9.17) is 11.0 Å². The van der Waals surface area contributed by atoms with Gasteiger partial charge in [0, 0.05) is 6.54 Å². The van der Waals surface area contributed by atoms with Gasteiger partial charge in [-0.1, -0.05) is 13.3 Å². The number of carbonyl (C=O) groups is 1. The second kappa shape index (κ2) is 6.97. The summed E-state index contributed by atoms with van der Waals surface area (Å²) in [6.45, 7) is 2.25. The van der Waals surface area contributed by atoms with Crippen LogP contribution >= 0.6 is 0 Å². The molecule has 2 N–H and O–H groups in total. The van der Waals surface area contributed by atoms with Gasteiger partial charge in [-0.25, -0.2) is 0 Å². The molecule has 0 spiro atoms. The predicted molar refractivity (Wildman–Crippen MR) is 72.5 cm³/mol. The van der Waals surface area contributed by atoms with Gasteiger partial charge in [0.25, 0.3) is 0 Å². The van der Waals surface area contributed by atoms with Gasteiger partial charge in [-0.3, -0.25) is 4.79 Å². The lowest BCUT2D eigenvalue weighted by Gasteiger charge is -2.24. The van der Waals surface area contributed by atoms with Gasteiger partial charge < -0.3 is 10.6 Å². The zero-order valence-electron chi connectivity index (χ0n) is 11.6. The van der Waals surface area contributed by atoms with Crippen LogP contribution in [0.3, 0.4) is 0 Å². The molecule has 114 valence electrons. The number of halogens is 3. The summed E-state index contributed by atoms with van der Waals surface area (Å²) in [5.41, 5.74) is 4.42. The lowest BCUT2D eigenvalue weighted by molar-refractivity contribution is -0.137. The first-order valence-corrected chi connectivity index (χ1v) is 6.44. The number of nitrogens with zero attached hydrogens (tertiary/aromatic N) is 2. The maximum Gasteiger partial charge on any atom is 0.416 e. The summed E-state index contributed by atoms with van der Waals surface area (Å²) in [7, 11) is 0. The number of nitriles is 1. The van der Waals surface area contributed by atoms with Crippen LogP contribution < -0.4 is 10.6 Å². The number of primary amides is 1. The van der Waals surface area contributed by atoms with E-state index in [1.165, 1.54) is 11.0 Å². The standard InChI is InChI=1S/C14H16F3N3O/c1-2-3-6-20(9-13(19)21)12-5-4-11(14(15,16)17)7-10(12)8-18/h4-5,7H,2-3,6,9H2,1H3,(H2,19,21). The molecule has 1 amide bonds. The smallest absolute Gasteiger partial charge is 0.368 e. The number of amides is 1. The molecular weight excluding hydrogens is 283 g/mol. The zero-order chi connectivity index (χ0) is 16.0. The predicted octanol–water partition coefficient (Wildman–Crippen LogP) is 2.67. The maximum absolute atomic E-state index is 12.7. The molecule has 0 aliphatic heterocycles. The summed E-state index contributed by atoms with van der Waals surface area (Å²) < 4.78 is 38.0. The second-order valence-corrected chi connectivity index (χ2v) is 4.58. The molecule has 0 aliphatic rings. The number of anilines is 1. The molecule has 21 heavy (non-hydrogen) atoms. The van der Waals surface area contributed by atoms with E-state index in [-0.39, 0.29) is 17.8 Å². The van der Waals surface area contributed by atoms with E-state index >= 15 is 0 Å². The minimum absolute atomic E-state index is 0.123. The van der Waals surface area contributed by atoms with Gasteiger partial charge >= 0.3 is 6.18 Å². The van der Waals surface area contributed by atoms with Crippen molar-refractivity contribution < 1.29 is 18.0 Å². The van der Waals surface area contributed by atoms with Gasteiger partial charge in [0.15, 0.2) is 0 Å². The Balaban J connectivity index is 3.19. The number of benzene rings is 1. The number of rotatable bonds is 6. The van der Waals surface area contributed by atoms with Crippen LogP contribution in [0.5, 0.6) is 0 Å². The highest BCUT2D eigenvalue weighted by atomic mass is 19.4. The van der Waals surface area contributed by atoms with E-state index in [0.717, 1.165) is 25.0 Å². The molecule has 0 radical (unpaired) electrons. The first kappa shape index (κ1) is 16.8. The third-order valence-electron chi connectivity index (χ3n) is 2.91. The number of alkyl halides is 3. The molecule has 0 bridgehead atoms. The summed E-state index contributed by atoms with van der Waals surface area (Å²) in [6, 6.07) is 4.64. The highest BCUT2D eigenvalue weighted by Gasteiger charge is 2.31. The Morgan fingerprint density at radius 1 is 1.43 bits per heavy atom. The molecule has 1 aromatic carbocycles. The lowest BCUT2D eigenvalue weighted by atomic mass is 10.1. The third-order valence-corrected chi connectivity index (χ3v) is 2.91. The van der Waals surface area contributed by atoms with Crippen molar-refractivity contribution in [2.75, 3.05) is 18.0 Å². The average Bonchev–Trinajstić information content (AvgIpc) is 2.41. The summed E-state index contributed by atoms with van der Waals surface area (Å²) >= 11 is 0. The van der Waals surface area contributed by atoms with Gasteiger partial charge in [-0.2, -0.15) is 18.4 Å². The maximum atomic E-state index is 12.7. The van der Waals surface area contributed by atoms with Crippen LogP contribution in [0, 0.1) is 11.3 Å². The molecule has 4 nitrogen and oxygen atoms in total. The minimum atomic E-state index is -4.51. The summed E-state index contributed by atoms with van der Waals surface area (Å²) in [6.07, 6.45) is -2.93. The molecule has 0 aromatic heterocycles. The number of unbranched alkanes of at least 4 members (excludes halogenated alkanes) is 1. The average molecular weight is 299 g/mol. The van der Waals surface area contributed by atoms with Crippen LogP contribution in [0.15, 0.2) is 18.2 Å². The molecular formula is C14H16F3N3O. The van der Waals surface area contributed by atoms with Crippen LogP contribution in [0.2, 0.25) is 0 Å². The molecule has 0 saturated heterocycles. The molecule has 0 atom stereocenters. The molecule has 0 fully saturated rings. The highest BCUT2D eigenvalue weighted by Crippen LogP contribution is 2.32. The Kier molecular flexibility index (Phi) is 5.59. The van der Waals surface area contributed by atoms with Crippen molar-refractivity contribution in [1.82, 2.24) is 0 Å². The fraction of sp³-hybridized carbons (Fsp3) is 0.429. The molecule has 1 rings (SSSR count). The van der Waals surface area contributed by atoms with Gasteiger partial charge in [-0.15, -0.1) is 0 Å². The zero-order valence-corrected chi connectivity index (χ0v) is 11.6. The van der Waals surface area contributed by atoms with E-state index in [1.807, 2.05) is 6.92 Å². The van der Waals surface area contributed by atoms with Crippen LogP contribution in [0.1, 0.15) is 30.9 Å². The monoisotopic (exact) mass is 299 g/mol. The van der Waals surface area contributed by atoms with Crippen molar-refractivity contribution in [3.63, 3.8) is 0 Å². The Bertz CT molecular complexity index is 549. The van der Waals surface area contributed by atoms with Gasteiger partial charge in [0.1, 0.15) is 6.07 Å². The van der Waals surface area contributed by atoms with Crippen LogP contribution in [-0.4, -0.2) is 19.0 Å². The largest absolute Gasteiger partial charge is 0.416 e. The summed E-state index contributed by atoms with van der Waals surface area (Å²) in [5, 5.41) is 9.06. The summed E-state index contributed by atoms with van der Waals surface area (Å²) in [5.74, 6) is -0.602. The van der Waals surface area contributed by atoms with Crippen molar-refractivity contribution in [2.24, 2.45) is 5.73 Å². The molecule has 0 heterocycles. The lowest BCUT2D eigenvalue weighted by Crippen LogP contribution is -2.35. The van der Waals surface area contributed by atoms with Crippen molar-refractivity contribution in [3.8, 4) is 6.07 Å². The van der Waals surface area contributed by atoms with E-state index in [1.54, 1.807) is 6.07 Å². The van der Waals surface area contributed by atoms with Gasteiger partial charge in [0.2, 0.25) is 5.91 Å². The van der Waals surface area contributed by atoms with Crippen LogP contribution in [0.25, 0.3) is 0 Å². The number of hydrogen-bond acceptors (Lipinski definition) is 3. The highest BCUT2D eigenvalue weighted by molar-refractivity contribution is 5.80. The fourth-order valence-corrected chi connectivity index (χ4v) is 1.90. The molecule has 0 saturated carbocycles. The van der Waals surface area contributed by atoms with Crippen molar-refractivity contribution in [1.29, 1.82) is 5.26 Å². The van der Waals surface area contributed by atoms with E-state index in [0.29, 0.717) is 6.54 Å². The first-order chi connectivity index (χ1) is 9.79. The number of nitrogens with two attached hydrogens (primary N) is 1. The van der Waals surface area contributed by atoms with E-state index in [9.17, 15) is 18.0 Å². The fourth-order valence-electron chi connectivity index (χ4n) is 1.90. The SMILES string of the molecule is CCCCN(CC(N)=O)c1ccc(C(F)(F)F)cc1C#N. The second-order valence-electron chi connectivity index (χ2n) is 4.58. The molecule has 0 unspecified atom stereocenters. The summed E-state index contributed by atoms with van der Waals surface area (Å²) in [4.78, 5) is 12.6. The minimum Gasteiger partial charge on any atom is -0.368 e. The van der Waals surface area contributed by atoms with E-state index < -0.39 is 17.6 Å². The quantitative estimate of drug-likeness (QED) is 0.878. The Hall–Kier alpha value is -2.23. The van der Waals surface area contributed by atoms with Crippen LogP contribution in [0.4, 0.5) is 18.9 Å². The van der Waals surface area contributed by atoms with Crippen molar-refractivity contribution >= 4 is 11.6 Å². The van der Waals surface area contributed by atoms with E-state index in [2.05, 4.69) is 0 Å². The normalized spacial score (nSPS) is 11.0. The molecule has 7 heteroatoms. The first-order valence-electron chi connectivity index (χ1n) is 6.44. The molecule has 0 aliphatic carbocycles. The van der Waals surface area contributed by atoms with Gasteiger partial charge in [0.05, 0.1) is 23.4 Å². The van der Waals surface area contributed by atoms with Gasteiger partial charge in [-0.05, 0) is 24.6 Å².